The van der Waals surface area contributed by atoms with Crippen LogP contribution >= 0.6 is 0 Å². The molecule has 1 aromatic carbocycles. The van der Waals surface area contributed by atoms with Crippen LogP contribution in [0.1, 0.15) is 78.7 Å². The zero-order chi connectivity index (χ0) is 38.2. The third kappa shape index (κ3) is 13.8. The van der Waals surface area contributed by atoms with Crippen LogP contribution in [0.4, 0.5) is 0 Å². The Morgan fingerprint density at radius 1 is 0.882 bits per heavy atom. The van der Waals surface area contributed by atoms with Gasteiger partial charge >= 0.3 is 0 Å². The van der Waals surface area contributed by atoms with E-state index in [0.717, 1.165) is 5.56 Å². The first kappa shape index (κ1) is 42.4. The highest BCUT2D eigenvalue weighted by molar-refractivity contribution is 5.96. The van der Waals surface area contributed by atoms with Crippen molar-refractivity contribution in [1.82, 2.24) is 26.2 Å². The molecule has 0 aliphatic carbocycles. The molecule has 7 atom stereocenters. The lowest BCUT2D eigenvalue weighted by atomic mass is 9.97. The van der Waals surface area contributed by atoms with Gasteiger partial charge in [0, 0.05) is 19.5 Å². The Kier molecular flexibility index (Phi) is 17.3. The molecule has 0 spiro atoms. The highest BCUT2D eigenvalue weighted by Crippen LogP contribution is 2.20. The second kappa shape index (κ2) is 20.8. The van der Waals surface area contributed by atoms with Crippen molar-refractivity contribution in [2.45, 2.75) is 116 Å². The maximum atomic E-state index is 13.8. The summed E-state index contributed by atoms with van der Waals surface area (Å²) in [6.45, 7) is 9.59. The summed E-state index contributed by atoms with van der Waals surface area (Å²) < 4.78 is 0. The van der Waals surface area contributed by atoms with Crippen LogP contribution in [-0.4, -0.2) is 95.6 Å². The molecule has 0 bridgehead atoms. The SMILES string of the molecule is CCC(C)C(NC(=O)C(Cc1ccccc1)NC(=O)C(CC(C)C)NC(=O)C1CCCN1C(=O)C(C)NC(=O)C(N)CCCN=C(N)N)C(N)=O. The van der Waals surface area contributed by atoms with Gasteiger partial charge in [-0.05, 0) is 56.4 Å². The molecular formula is C35H58N10O6. The lowest BCUT2D eigenvalue weighted by Gasteiger charge is -2.30. The molecule has 0 aromatic heterocycles. The van der Waals surface area contributed by atoms with Gasteiger partial charge in [0.25, 0.3) is 0 Å². The van der Waals surface area contributed by atoms with E-state index in [1.807, 2.05) is 51.1 Å². The van der Waals surface area contributed by atoms with Crippen molar-refractivity contribution in [1.29, 1.82) is 0 Å². The number of nitrogens with two attached hydrogens (primary N) is 4. The summed E-state index contributed by atoms with van der Waals surface area (Å²) in [5.41, 5.74) is 23.0. The molecule has 1 aliphatic heterocycles. The number of nitrogens with zero attached hydrogens (tertiary/aromatic N) is 2. The van der Waals surface area contributed by atoms with Gasteiger partial charge in [0.05, 0.1) is 6.04 Å². The normalized spacial score (nSPS) is 17.6. The number of carbonyl (C=O) groups is 6. The van der Waals surface area contributed by atoms with E-state index >= 15 is 0 Å². The lowest BCUT2D eigenvalue weighted by molar-refractivity contribution is -0.142. The van der Waals surface area contributed by atoms with Crippen LogP contribution in [0.3, 0.4) is 0 Å². The zero-order valence-electron chi connectivity index (χ0n) is 30.5. The second-order valence-corrected chi connectivity index (χ2v) is 13.7. The number of carbonyl (C=O) groups excluding carboxylic acids is 6. The first-order chi connectivity index (χ1) is 24.0. The van der Waals surface area contributed by atoms with E-state index in [4.69, 9.17) is 22.9 Å². The van der Waals surface area contributed by atoms with Gasteiger partial charge in [-0.1, -0.05) is 64.4 Å². The minimum atomic E-state index is -1.08. The van der Waals surface area contributed by atoms with Gasteiger partial charge in [-0.25, -0.2) is 0 Å². The summed E-state index contributed by atoms with van der Waals surface area (Å²) in [6, 6.07) is 3.33. The molecule has 1 aliphatic rings. The Labute approximate surface area is 300 Å². The molecule has 1 aromatic rings. The molecule has 51 heavy (non-hydrogen) atoms. The van der Waals surface area contributed by atoms with Crippen LogP contribution in [-0.2, 0) is 35.2 Å². The Balaban J connectivity index is 2.17. The number of benzene rings is 1. The number of amides is 6. The van der Waals surface area contributed by atoms with E-state index < -0.39 is 71.7 Å². The highest BCUT2D eigenvalue weighted by Gasteiger charge is 2.39. The predicted molar refractivity (Wildman–Crippen MR) is 194 cm³/mol. The first-order valence-electron chi connectivity index (χ1n) is 17.7. The topological polar surface area (TPSA) is 270 Å². The fourth-order valence-electron chi connectivity index (χ4n) is 5.87. The van der Waals surface area contributed by atoms with Gasteiger partial charge in [0.15, 0.2) is 5.96 Å². The average molecular weight is 715 g/mol. The van der Waals surface area contributed by atoms with Crippen molar-refractivity contribution in [3.8, 4) is 0 Å². The number of rotatable bonds is 20. The number of primary amides is 1. The monoisotopic (exact) mass is 714 g/mol. The van der Waals surface area contributed by atoms with Crippen molar-refractivity contribution in [3.05, 3.63) is 35.9 Å². The van der Waals surface area contributed by atoms with Crippen molar-refractivity contribution < 1.29 is 28.8 Å². The Bertz CT molecular complexity index is 1370. The van der Waals surface area contributed by atoms with Gasteiger partial charge < -0.3 is 49.1 Å². The third-order valence-electron chi connectivity index (χ3n) is 8.95. The maximum absolute atomic E-state index is 13.8. The molecule has 1 saturated heterocycles. The van der Waals surface area contributed by atoms with E-state index in [-0.39, 0.29) is 30.6 Å². The Hall–Kier alpha value is -4.73. The van der Waals surface area contributed by atoms with Crippen LogP contribution in [0.2, 0.25) is 0 Å². The molecule has 6 amide bonds. The number of nitrogens with one attached hydrogen (secondary N) is 4. The van der Waals surface area contributed by atoms with E-state index in [2.05, 4.69) is 26.3 Å². The van der Waals surface area contributed by atoms with Gasteiger partial charge in [-0.3, -0.25) is 33.8 Å². The van der Waals surface area contributed by atoms with Gasteiger partial charge in [0.2, 0.25) is 35.4 Å². The van der Waals surface area contributed by atoms with Crippen molar-refractivity contribution >= 4 is 41.4 Å². The molecule has 16 nitrogen and oxygen atoms in total. The van der Waals surface area contributed by atoms with Gasteiger partial charge in [-0.2, -0.15) is 0 Å². The summed E-state index contributed by atoms with van der Waals surface area (Å²) >= 11 is 0. The van der Waals surface area contributed by atoms with Crippen LogP contribution in [0.25, 0.3) is 0 Å². The fraction of sp³-hybridized carbons (Fsp3) is 0.629. The largest absolute Gasteiger partial charge is 0.370 e. The summed E-state index contributed by atoms with van der Waals surface area (Å²) in [4.78, 5) is 84.6. The standard InChI is InChI=1S/C35H58N10O6/c1-6-21(4)28(29(37)46)44-32(49)26(19-23-12-8-7-9-13-23)42-31(48)25(18-20(2)3)43-33(50)27-15-11-17-45(27)34(51)22(5)41-30(47)24(36)14-10-16-40-35(38)39/h7-9,12-13,20-22,24-28H,6,10-11,14-19,36H2,1-5H3,(H2,37,46)(H,41,47)(H,42,48)(H,43,50)(H,44,49)(H4,38,39,40). The van der Waals surface area contributed by atoms with Crippen molar-refractivity contribution in [2.75, 3.05) is 13.1 Å². The molecule has 7 unspecified atom stereocenters. The molecule has 16 heteroatoms. The third-order valence-corrected chi connectivity index (χ3v) is 8.95. The quantitative estimate of drug-likeness (QED) is 0.0474. The molecule has 12 N–H and O–H groups in total. The van der Waals surface area contributed by atoms with Crippen LogP contribution < -0.4 is 44.2 Å². The van der Waals surface area contributed by atoms with E-state index in [1.54, 1.807) is 6.92 Å². The van der Waals surface area contributed by atoms with Gasteiger partial charge in [-0.15, -0.1) is 0 Å². The number of likely N-dealkylation sites (tertiary alicyclic amines) is 1. The lowest BCUT2D eigenvalue weighted by Crippen LogP contribution is -2.59. The van der Waals surface area contributed by atoms with Crippen LogP contribution in [0.15, 0.2) is 35.3 Å². The van der Waals surface area contributed by atoms with E-state index in [0.29, 0.717) is 45.2 Å². The van der Waals surface area contributed by atoms with Crippen molar-refractivity contribution in [2.24, 2.45) is 39.8 Å². The molecule has 0 saturated carbocycles. The highest BCUT2D eigenvalue weighted by atomic mass is 16.2. The minimum absolute atomic E-state index is 0.0210. The molecule has 2 rings (SSSR count). The second-order valence-electron chi connectivity index (χ2n) is 13.7. The van der Waals surface area contributed by atoms with Crippen molar-refractivity contribution in [3.63, 3.8) is 0 Å². The summed E-state index contributed by atoms with van der Waals surface area (Å²) in [6.07, 6.45) is 2.65. The molecule has 1 heterocycles. The molecule has 0 radical (unpaired) electrons. The summed E-state index contributed by atoms with van der Waals surface area (Å²) in [5.74, 6) is -3.66. The fourth-order valence-corrected chi connectivity index (χ4v) is 5.87. The van der Waals surface area contributed by atoms with Gasteiger partial charge in [0.1, 0.15) is 30.2 Å². The number of guanidine groups is 1. The summed E-state index contributed by atoms with van der Waals surface area (Å²) in [7, 11) is 0. The number of aliphatic imine (C=N–C) groups is 1. The molecule has 284 valence electrons. The van der Waals surface area contributed by atoms with Crippen LogP contribution in [0, 0.1) is 11.8 Å². The summed E-state index contributed by atoms with van der Waals surface area (Å²) in [5, 5.41) is 11.0. The molecule has 1 fully saturated rings. The predicted octanol–water partition coefficient (Wildman–Crippen LogP) is -0.862. The smallest absolute Gasteiger partial charge is 0.245 e. The number of hydrogen-bond donors (Lipinski definition) is 8. The van der Waals surface area contributed by atoms with E-state index in [9.17, 15) is 28.8 Å². The average Bonchev–Trinajstić information content (AvgIpc) is 3.57. The molecular weight excluding hydrogens is 656 g/mol. The maximum Gasteiger partial charge on any atom is 0.245 e. The minimum Gasteiger partial charge on any atom is -0.370 e. The first-order valence-corrected chi connectivity index (χ1v) is 17.7. The Morgan fingerprint density at radius 2 is 1.53 bits per heavy atom. The van der Waals surface area contributed by atoms with Crippen LogP contribution in [0.5, 0.6) is 0 Å². The zero-order valence-corrected chi connectivity index (χ0v) is 30.5. The Morgan fingerprint density at radius 3 is 2.12 bits per heavy atom. The number of hydrogen-bond acceptors (Lipinski definition) is 8. The van der Waals surface area contributed by atoms with E-state index in [1.165, 1.54) is 11.8 Å².